The summed E-state index contributed by atoms with van der Waals surface area (Å²) in [5, 5.41) is 11.2. The topological polar surface area (TPSA) is 59.4 Å². The van der Waals surface area contributed by atoms with E-state index in [0.29, 0.717) is 11.5 Å². The minimum Gasteiger partial charge on any atom is -0.492 e. The zero-order valence-corrected chi connectivity index (χ0v) is 18.0. The maximum Gasteiger partial charge on any atom is 0.337 e. The molecule has 4 nitrogen and oxygen atoms in total. The molecule has 0 saturated heterocycles. The van der Waals surface area contributed by atoms with E-state index in [0.717, 1.165) is 41.1 Å². The number of hydrogen-bond acceptors (Lipinski definition) is 5. The molecular weight excluding hydrogens is 382 g/mol. The number of carbonyl (C=O) groups excluding carboxylic acids is 1. The first-order chi connectivity index (χ1) is 14.0. The van der Waals surface area contributed by atoms with E-state index in [1.165, 1.54) is 29.6 Å². The van der Waals surface area contributed by atoms with Crippen LogP contribution in [0.3, 0.4) is 0 Å². The summed E-state index contributed by atoms with van der Waals surface area (Å²) in [5.41, 5.74) is 4.05. The molecule has 0 spiro atoms. The van der Waals surface area contributed by atoms with Crippen LogP contribution < -0.4 is 0 Å². The monoisotopic (exact) mass is 409 g/mol. The number of carbonyl (C=O) groups is 1. The van der Waals surface area contributed by atoms with Gasteiger partial charge < -0.3 is 9.84 Å². The van der Waals surface area contributed by atoms with Crippen molar-refractivity contribution >= 4 is 17.3 Å². The maximum absolute atomic E-state index is 11.6. The van der Waals surface area contributed by atoms with Gasteiger partial charge in [0.15, 0.2) is 0 Å². The number of esters is 1. The van der Waals surface area contributed by atoms with Crippen molar-refractivity contribution in [3.63, 3.8) is 0 Å². The maximum atomic E-state index is 11.6. The Morgan fingerprint density at radius 3 is 2.31 bits per heavy atom. The fraction of sp³-hybridized carbons (Fsp3) is 0.333. The molecule has 5 heteroatoms. The van der Waals surface area contributed by atoms with Crippen LogP contribution in [0.2, 0.25) is 0 Å². The third-order valence-corrected chi connectivity index (χ3v) is 5.90. The number of hydrogen-bond donors (Lipinski definition) is 1. The Balaban J connectivity index is 1.58. The molecule has 0 aliphatic rings. The molecule has 1 N–H and O–H groups in total. The Hall–Kier alpha value is -2.66. The average Bonchev–Trinajstić information content (AvgIpc) is 3.09. The number of thiazole rings is 1. The van der Waals surface area contributed by atoms with Gasteiger partial charge in [-0.15, -0.1) is 11.3 Å². The highest BCUT2D eigenvalue weighted by atomic mass is 32.1. The highest BCUT2D eigenvalue weighted by Crippen LogP contribution is 2.35. The zero-order chi connectivity index (χ0) is 20.8. The molecule has 0 atom stereocenters. The average molecular weight is 410 g/mol. The molecule has 0 aliphatic carbocycles. The van der Waals surface area contributed by atoms with Crippen molar-refractivity contribution in [3.05, 3.63) is 70.2 Å². The van der Waals surface area contributed by atoms with Crippen LogP contribution in [-0.2, 0) is 24.0 Å². The number of benzene rings is 2. The first kappa shape index (κ1) is 21.1. The fourth-order valence-electron chi connectivity index (χ4n) is 3.28. The van der Waals surface area contributed by atoms with E-state index in [1.807, 2.05) is 12.1 Å². The van der Waals surface area contributed by atoms with Gasteiger partial charge in [0.2, 0.25) is 5.88 Å². The molecule has 152 valence electrons. The van der Waals surface area contributed by atoms with Crippen molar-refractivity contribution in [3.8, 4) is 16.3 Å². The van der Waals surface area contributed by atoms with Crippen LogP contribution in [-0.4, -0.2) is 23.2 Å². The Kier molecular flexibility index (Phi) is 7.04. The molecule has 0 saturated carbocycles. The molecule has 1 aromatic heterocycles. The second kappa shape index (κ2) is 9.70. The number of aromatic hydroxyl groups is 1. The Labute approximate surface area is 176 Å². The van der Waals surface area contributed by atoms with Crippen molar-refractivity contribution in [2.75, 3.05) is 7.11 Å². The molecule has 1 heterocycles. The summed E-state index contributed by atoms with van der Waals surface area (Å²) in [4.78, 5) is 16.6. The Morgan fingerprint density at radius 1 is 1.03 bits per heavy atom. The number of nitrogens with zero attached hydrogens (tertiary/aromatic N) is 1. The van der Waals surface area contributed by atoms with E-state index in [-0.39, 0.29) is 11.8 Å². The van der Waals surface area contributed by atoms with Crippen molar-refractivity contribution in [1.82, 2.24) is 4.98 Å². The Morgan fingerprint density at radius 2 is 1.69 bits per heavy atom. The molecule has 0 bridgehead atoms. The lowest BCUT2D eigenvalue weighted by atomic mass is 10.0. The number of aryl methyl sites for hydroxylation is 2. The molecule has 2 aromatic carbocycles. The molecule has 0 unspecified atom stereocenters. The van der Waals surface area contributed by atoms with Crippen LogP contribution in [0.15, 0.2) is 48.5 Å². The number of rotatable bonds is 8. The second-order valence-corrected chi connectivity index (χ2v) is 8.68. The van der Waals surface area contributed by atoms with E-state index in [4.69, 9.17) is 4.74 Å². The van der Waals surface area contributed by atoms with Gasteiger partial charge in [0.1, 0.15) is 0 Å². The molecule has 29 heavy (non-hydrogen) atoms. The van der Waals surface area contributed by atoms with Gasteiger partial charge in [0, 0.05) is 0 Å². The summed E-state index contributed by atoms with van der Waals surface area (Å²) in [7, 11) is 1.36. The van der Waals surface area contributed by atoms with Crippen LogP contribution in [0.4, 0.5) is 0 Å². The smallest absolute Gasteiger partial charge is 0.337 e. The molecule has 0 fully saturated rings. The van der Waals surface area contributed by atoms with Gasteiger partial charge in [-0.1, -0.05) is 50.2 Å². The largest absolute Gasteiger partial charge is 0.492 e. The first-order valence-corrected chi connectivity index (χ1v) is 10.7. The highest BCUT2D eigenvalue weighted by Gasteiger charge is 2.13. The van der Waals surface area contributed by atoms with Crippen molar-refractivity contribution in [2.24, 2.45) is 5.92 Å². The molecule has 3 rings (SSSR count). The summed E-state index contributed by atoms with van der Waals surface area (Å²) in [6.45, 7) is 4.47. The van der Waals surface area contributed by atoms with E-state index >= 15 is 0 Å². The van der Waals surface area contributed by atoms with E-state index < -0.39 is 0 Å². The van der Waals surface area contributed by atoms with Gasteiger partial charge in [-0.25, -0.2) is 9.78 Å². The summed E-state index contributed by atoms with van der Waals surface area (Å²) in [6.07, 6.45) is 3.91. The summed E-state index contributed by atoms with van der Waals surface area (Å²) in [5.74, 6) is 0.348. The quantitative estimate of drug-likeness (QED) is 0.487. The van der Waals surface area contributed by atoms with Gasteiger partial charge in [-0.2, -0.15) is 0 Å². The van der Waals surface area contributed by atoms with Crippen LogP contribution in [0.1, 0.15) is 46.8 Å². The SMILES string of the molecule is COC(=O)c1ccc(-c2sc(CCCc3ccc(CC(C)C)cc3)nc2O)cc1. The third kappa shape index (κ3) is 5.67. The summed E-state index contributed by atoms with van der Waals surface area (Å²) >= 11 is 1.50. The summed E-state index contributed by atoms with van der Waals surface area (Å²) in [6, 6.07) is 15.9. The van der Waals surface area contributed by atoms with Crippen LogP contribution >= 0.6 is 11.3 Å². The zero-order valence-electron chi connectivity index (χ0n) is 17.1. The standard InChI is InChI=1S/C24H27NO3S/c1-16(2)15-18-9-7-17(8-10-18)5-4-6-21-25-23(26)22(29-21)19-11-13-20(14-12-19)24(27)28-3/h7-14,16,26H,4-6,15H2,1-3H3. The molecule has 0 aliphatic heterocycles. The normalized spacial score (nSPS) is 11.0. The van der Waals surface area contributed by atoms with Gasteiger partial charge >= 0.3 is 5.97 Å². The van der Waals surface area contributed by atoms with Gasteiger partial charge in [0.25, 0.3) is 0 Å². The number of ether oxygens (including phenoxy) is 1. The van der Waals surface area contributed by atoms with Gasteiger partial charge in [-0.05, 0) is 60.4 Å². The first-order valence-electron chi connectivity index (χ1n) is 9.91. The predicted molar refractivity (Wildman–Crippen MR) is 118 cm³/mol. The van der Waals surface area contributed by atoms with Crippen LogP contribution in [0.25, 0.3) is 10.4 Å². The lowest BCUT2D eigenvalue weighted by Crippen LogP contribution is -2.00. The Bertz CT molecular complexity index is 943. The lowest BCUT2D eigenvalue weighted by molar-refractivity contribution is 0.0601. The predicted octanol–water partition coefficient (Wildman–Crippen LogP) is 5.68. The fourth-order valence-corrected chi connectivity index (χ4v) is 4.29. The van der Waals surface area contributed by atoms with Crippen LogP contribution in [0.5, 0.6) is 5.88 Å². The van der Waals surface area contributed by atoms with Gasteiger partial charge in [0.05, 0.1) is 22.6 Å². The van der Waals surface area contributed by atoms with Crippen molar-refractivity contribution < 1.29 is 14.6 Å². The minimum absolute atomic E-state index is 0.0499. The molecule has 3 aromatic rings. The van der Waals surface area contributed by atoms with E-state index in [2.05, 4.69) is 43.1 Å². The molecule has 0 amide bonds. The molecular formula is C24H27NO3S. The van der Waals surface area contributed by atoms with E-state index in [1.54, 1.807) is 12.1 Å². The minimum atomic E-state index is -0.372. The highest BCUT2D eigenvalue weighted by molar-refractivity contribution is 7.15. The van der Waals surface area contributed by atoms with Crippen molar-refractivity contribution in [1.29, 1.82) is 0 Å². The van der Waals surface area contributed by atoms with Crippen molar-refractivity contribution in [2.45, 2.75) is 39.5 Å². The lowest BCUT2D eigenvalue weighted by Gasteiger charge is -2.06. The molecule has 0 radical (unpaired) electrons. The summed E-state index contributed by atoms with van der Waals surface area (Å²) < 4.78 is 4.72. The van der Waals surface area contributed by atoms with E-state index in [9.17, 15) is 9.90 Å². The number of aromatic nitrogens is 1. The third-order valence-electron chi connectivity index (χ3n) is 4.74. The van der Waals surface area contributed by atoms with Gasteiger partial charge in [-0.3, -0.25) is 0 Å². The second-order valence-electron chi connectivity index (χ2n) is 7.60. The number of methoxy groups -OCH3 is 1. The van der Waals surface area contributed by atoms with Crippen LogP contribution in [0, 0.1) is 5.92 Å².